The quantitative estimate of drug-likeness (QED) is 0.0868. The molecule has 0 fully saturated rings. The van der Waals surface area contributed by atoms with Gasteiger partial charge in [0.05, 0.1) is 42.3 Å². The zero-order valence-corrected chi connectivity index (χ0v) is 25.6. The second-order valence-corrected chi connectivity index (χ2v) is 10.9. The molecule has 0 saturated carbocycles. The standard InChI is InChI=1S/C32H39N7O8/c33-22(16-27(40)41)29(44)35-14-6-11-25(38-30(45)23(34)17-28(42)43)32(47)39-26(13-12-19-7-2-1-3-8-19)31(46)37-21-15-20-9-4-5-10-24(20)36-18-21/h1-5,7-10,15,18,22-23,25-26H,6,11-14,16-17,33-34H2,(H,35,44)(H,37,46)(H,38,45)(H,39,47)(H,40,41)(H,42,43)/t22-,23-,25+,26+/m0/s1. The van der Waals surface area contributed by atoms with Crippen molar-refractivity contribution in [3.05, 3.63) is 72.4 Å². The summed E-state index contributed by atoms with van der Waals surface area (Å²) in [6, 6.07) is 13.4. The molecular formula is C32H39N7O8. The number of para-hydroxylation sites is 1. The maximum absolute atomic E-state index is 13.6. The highest BCUT2D eigenvalue weighted by Gasteiger charge is 2.29. The van der Waals surface area contributed by atoms with E-state index in [4.69, 9.17) is 21.7 Å². The van der Waals surface area contributed by atoms with Crippen LogP contribution in [0.15, 0.2) is 66.9 Å². The van der Waals surface area contributed by atoms with Crippen molar-refractivity contribution in [2.24, 2.45) is 11.5 Å². The molecule has 15 nitrogen and oxygen atoms in total. The van der Waals surface area contributed by atoms with E-state index >= 15 is 0 Å². The molecular weight excluding hydrogens is 610 g/mol. The third kappa shape index (κ3) is 12.1. The molecule has 1 aromatic heterocycles. The van der Waals surface area contributed by atoms with Crippen molar-refractivity contribution in [1.29, 1.82) is 0 Å². The first-order valence-electron chi connectivity index (χ1n) is 15.0. The van der Waals surface area contributed by atoms with E-state index in [1.54, 1.807) is 6.07 Å². The van der Waals surface area contributed by atoms with E-state index in [1.165, 1.54) is 6.20 Å². The monoisotopic (exact) mass is 649 g/mol. The lowest BCUT2D eigenvalue weighted by molar-refractivity contribution is -0.140. The molecule has 3 rings (SSSR count). The Morgan fingerprint density at radius 2 is 1.32 bits per heavy atom. The lowest BCUT2D eigenvalue weighted by Gasteiger charge is -2.24. The van der Waals surface area contributed by atoms with Crippen LogP contribution in [-0.4, -0.2) is 81.5 Å². The first kappa shape index (κ1) is 36.1. The number of hydrogen-bond acceptors (Lipinski definition) is 9. The lowest BCUT2D eigenvalue weighted by Crippen LogP contribution is -2.55. The molecule has 0 radical (unpaired) electrons. The van der Waals surface area contributed by atoms with Crippen LogP contribution in [0.3, 0.4) is 0 Å². The maximum Gasteiger partial charge on any atom is 0.305 e. The first-order valence-corrected chi connectivity index (χ1v) is 15.0. The van der Waals surface area contributed by atoms with Crippen molar-refractivity contribution in [2.45, 2.75) is 62.7 Å². The summed E-state index contributed by atoms with van der Waals surface area (Å²) >= 11 is 0. The molecule has 4 atom stereocenters. The van der Waals surface area contributed by atoms with Gasteiger partial charge in [-0.2, -0.15) is 0 Å². The number of fused-ring (bicyclic) bond motifs is 1. The summed E-state index contributed by atoms with van der Waals surface area (Å²) in [7, 11) is 0. The van der Waals surface area contributed by atoms with Crippen LogP contribution in [0.25, 0.3) is 10.9 Å². The number of carboxylic acids is 2. The number of carboxylic acid groups (broad SMARTS) is 2. The van der Waals surface area contributed by atoms with Gasteiger partial charge in [-0.05, 0) is 43.4 Å². The predicted octanol–water partition coefficient (Wildman–Crippen LogP) is 0.276. The van der Waals surface area contributed by atoms with Crippen molar-refractivity contribution in [3.63, 3.8) is 0 Å². The Morgan fingerprint density at radius 3 is 2.00 bits per heavy atom. The fourth-order valence-corrected chi connectivity index (χ4v) is 4.62. The molecule has 15 heteroatoms. The SMILES string of the molecule is N[C@@H](CC(=O)O)C(=O)NCCC[C@@H](NC(=O)[C@@H](N)CC(=O)O)C(=O)N[C@H](CCc1ccccc1)C(=O)Nc1cnc2ccccc2c1. The minimum atomic E-state index is -1.45. The molecule has 2 aromatic carbocycles. The molecule has 10 N–H and O–H groups in total. The number of nitrogens with one attached hydrogen (secondary N) is 4. The number of benzene rings is 2. The number of aryl methyl sites for hydroxylation is 1. The number of aliphatic carboxylic acids is 2. The summed E-state index contributed by atoms with van der Waals surface area (Å²) < 4.78 is 0. The molecule has 4 amide bonds. The third-order valence-corrected chi connectivity index (χ3v) is 7.12. The van der Waals surface area contributed by atoms with Crippen molar-refractivity contribution < 1.29 is 39.0 Å². The summed E-state index contributed by atoms with van der Waals surface area (Å²) in [4.78, 5) is 78.2. The smallest absolute Gasteiger partial charge is 0.305 e. The number of rotatable bonds is 18. The molecule has 0 bridgehead atoms. The predicted molar refractivity (Wildman–Crippen MR) is 172 cm³/mol. The number of anilines is 1. The number of aromatic nitrogens is 1. The van der Waals surface area contributed by atoms with Gasteiger partial charge in [0.15, 0.2) is 0 Å². The van der Waals surface area contributed by atoms with Gasteiger partial charge in [0.2, 0.25) is 23.6 Å². The molecule has 0 spiro atoms. The Bertz CT molecular complexity index is 1570. The summed E-state index contributed by atoms with van der Waals surface area (Å²) in [6.45, 7) is -0.0140. The fraction of sp³-hybridized carbons (Fsp3) is 0.344. The van der Waals surface area contributed by atoms with E-state index in [2.05, 4.69) is 26.3 Å². The number of carbonyl (C=O) groups excluding carboxylic acids is 4. The fourth-order valence-electron chi connectivity index (χ4n) is 4.62. The lowest BCUT2D eigenvalue weighted by atomic mass is 10.0. The van der Waals surface area contributed by atoms with Crippen LogP contribution in [0.2, 0.25) is 0 Å². The number of carbonyl (C=O) groups is 6. The molecule has 0 unspecified atom stereocenters. The molecule has 47 heavy (non-hydrogen) atoms. The summed E-state index contributed by atoms with van der Waals surface area (Å²) in [6.07, 6.45) is 0.947. The van der Waals surface area contributed by atoms with E-state index in [1.807, 2.05) is 54.6 Å². The van der Waals surface area contributed by atoms with Gasteiger partial charge < -0.3 is 42.9 Å². The highest BCUT2D eigenvalue weighted by atomic mass is 16.4. The van der Waals surface area contributed by atoms with Gasteiger partial charge in [-0.15, -0.1) is 0 Å². The summed E-state index contributed by atoms with van der Waals surface area (Å²) in [5.41, 5.74) is 13.3. The molecule has 0 aliphatic rings. The van der Waals surface area contributed by atoms with Crippen LogP contribution in [-0.2, 0) is 35.2 Å². The van der Waals surface area contributed by atoms with Crippen molar-refractivity contribution in [1.82, 2.24) is 20.9 Å². The van der Waals surface area contributed by atoms with Crippen LogP contribution in [0.5, 0.6) is 0 Å². The van der Waals surface area contributed by atoms with Crippen molar-refractivity contribution in [2.75, 3.05) is 11.9 Å². The molecule has 250 valence electrons. The highest BCUT2D eigenvalue weighted by Crippen LogP contribution is 2.17. The maximum atomic E-state index is 13.6. The minimum Gasteiger partial charge on any atom is -0.481 e. The molecule has 0 saturated heterocycles. The Labute approximate surface area is 270 Å². The van der Waals surface area contributed by atoms with Gasteiger partial charge in [0.25, 0.3) is 0 Å². The zero-order chi connectivity index (χ0) is 34.3. The average Bonchev–Trinajstić information content (AvgIpc) is 3.03. The van der Waals surface area contributed by atoms with Crippen molar-refractivity contribution >= 4 is 52.2 Å². The van der Waals surface area contributed by atoms with Crippen LogP contribution in [0.4, 0.5) is 5.69 Å². The second kappa shape index (κ2) is 17.9. The normalized spacial score (nSPS) is 13.4. The highest BCUT2D eigenvalue weighted by molar-refractivity contribution is 5.99. The number of hydrogen-bond donors (Lipinski definition) is 8. The Balaban J connectivity index is 1.75. The largest absolute Gasteiger partial charge is 0.481 e. The van der Waals surface area contributed by atoms with E-state index in [9.17, 15) is 28.8 Å². The Kier molecular flexibility index (Phi) is 13.7. The van der Waals surface area contributed by atoms with Crippen molar-refractivity contribution in [3.8, 4) is 0 Å². The Hall–Kier alpha value is -5.41. The third-order valence-electron chi connectivity index (χ3n) is 7.12. The number of nitrogens with zero attached hydrogens (tertiary/aromatic N) is 1. The van der Waals surface area contributed by atoms with Gasteiger partial charge in [-0.25, -0.2) is 0 Å². The van der Waals surface area contributed by atoms with Gasteiger partial charge in [0, 0.05) is 11.9 Å². The van der Waals surface area contributed by atoms with Gasteiger partial charge in [-0.3, -0.25) is 33.8 Å². The number of nitrogens with two attached hydrogens (primary N) is 2. The van der Waals surface area contributed by atoms with E-state index in [0.29, 0.717) is 12.1 Å². The molecule has 1 heterocycles. The van der Waals surface area contributed by atoms with Gasteiger partial charge in [-0.1, -0.05) is 48.5 Å². The van der Waals surface area contributed by atoms with Gasteiger partial charge >= 0.3 is 11.9 Å². The first-order chi connectivity index (χ1) is 22.4. The summed E-state index contributed by atoms with van der Waals surface area (Å²) in [5, 5.41) is 29.1. The van der Waals surface area contributed by atoms with E-state index in [0.717, 1.165) is 16.5 Å². The van der Waals surface area contributed by atoms with E-state index < -0.39 is 72.6 Å². The number of amides is 4. The van der Waals surface area contributed by atoms with Crippen LogP contribution in [0, 0.1) is 0 Å². The Morgan fingerprint density at radius 1 is 0.723 bits per heavy atom. The minimum absolute atomic E-state index is 0.0140. The second-order valence-electron chi connectivity index (χ2n) is 10.9. The topological polar surface area (TPSA) is 256 Å². The average molecular weight is 650 g/mol. The van der Waals surface area contributed by atoms with Gasteiger partial charge in [0.1, 0.15) is 12.1 Å². The molecule has 3 aromatic rings. The van der Waals surface area contributed by atoms with Crippen LogP contribution in [0.1, 0.15) is 37.7 Å². The molecule has 0 aliphatic carbocycles. The molecule has 0 aliphatic heterocycles. The van der Waals surface area contributed by atoms with Crippen LogP contribution < -0.4 is 32.7 Å². The van der Waals surface area contributed by atoms with Crippen LogP contribution >= 0.6 is 0 Å². The number of pyridine rings is 1. The summed E-state index contributed by atoms with van der Waals surface area (Å²) in [5.74, 6) is -5.42. The zero-order valence-electron chi connectivity index (χ0n) is 25.6. The van der Waals surface area contributed by atoms with E-state index in [-0.39, 0.29) is 25.8 Å².